The van der Waals surface area contributed by atoms with E-state index in [1.165, 1.54) is 18.5 Å². The highest BCUT2D eigenvalue weighted by molar-refractivity contribution is 5.47. The monoisotopic (exact) mass is 488 g/mol. The van der Waals surface area contributed by atoms with Gasteiger partial charge in [-0.05, 0) is 80.6 Å². The lowest BCUT2D eigenvalue weighted by Crippen LogP contribution is -2.36. The van der Waals surface area contributed by atoms with Crippen molar-refractivity contribution in [1.82, 2.24) is 10.2 Å². The summed E-state index contributed by atoms with van der Waals surface area (Å²) in [5.74, 6) is 1.77. The number of hydrogen-bond donors (Lipinski definition) is 2. The third kappa shape index (κ3) is 13.8. The Balaban J connectivity index is 0.000000740. The second-order valence-electron chi connectivity index (χ2n) is 7.78. The van der Waals surface area contributed by atoms with E-state index in [1.54, 1.807) is 24.3 Å². The Morgan fingerprint density at radius 2 is 1.60 bits per heavy atom. The number of ether oxygens (including phenoxy) is 2. The Labute approximate surface area is 213 Å². The summed E-state index contributed by atoms with van der Waals surface area (Å²) in [5, 5.41) is 12.0. The minimum atomic E-state index is 0.222. The summed E-state index contributed by atoms with van der Waals surface area (Å²) < 4.78 is 11.1. The van der Waals surface area contributed by atoms with Crippen LogP contribution in [0.1, 0.15) is 64.2 Å². The van der Waals surface area contributed by atoms with Crippen LogP contribution in [-0.2, 0) is 16.0 Å². The maximum Gasteiger partial charge on any atom is 0.207 e. The second kappa shape index (κ2) is 20.8. The Kier molecular flexibility index (Phi) is 19.2. The molecular weight excluding hydrogens is 440 g/mol. The zero-order valence-corrected chi connectivity index (χ0v) is 23.0. The maximum atomic E-state index is 10.2. The van der Waals surface area contributed by atoms with Crippen molar-refractivity contribution in [2.24, 2.45) is 0 Å². The van der Waals surface area contributed by atoms with Crippen molar-refractivity contribution in [2.45, 2.75) is 67.7 Å². The zero-order valence-electron chi connectivity index (χ0n) is 23.0. The quantitative estimate of drug-likeness (QED) is 0.322. The first kappa shape index (κ1) is 32.4. The van der Waals surface area contributed by atoms with E-state index in [-0.39, 0.29) is 5.75 Å². The average Bonchev–Trinajstić information content (AvgIpc) is 2.89. The fraction of sp³-hybridized carbons (Fsp3) is 0.552. The normalized spacial score (nSPS) is 12.5. The van der Waals surface area contributed by atoms with Gasteiger partial charge in [-0.15, -0.1) is 0 Å². The van der Waals surface area contributed by atoms with Crippen molar-refractivity contribution >= 4 is 6.41 Å². The molecule has 2 aromatic rings. The number of amides is 1. The van der Waals surface area contributed by atoms with E-state index in [0.29, 0.717) is 12.3 Å². The molecule has 0 saturated carbocycles. The molecular formula is C29H48N2O4. The van der Waals surface area contributed by atoms with E-state index >= 15 is 0 Å². The number of nitrogens with zero attached hydrogens (tertiary/aromatic N) is 1. The van der Waals surface area contributed by atoms with Gasteiger partial charge in [0, 0.05) is 19.6 Å². The number of carbonyl (C=O) groups excluding carboxylic acids is 1. The molecule has 35 heavy (non-hydrogen) atoms. The van der Waals surface area contributed by atoms with Crippen LogP contribution in [0.3, 0.4) is 0 Å². The van der Waals surface area contributed by atoms with E-state index < -0.39 is 0 Å². The summed E-state index contributed by atoms with van der Waals surface area (Å²) in [5.41, 5.74) is 3.39. The fourth-order valence-electron chi connectivity index (χ4n) is 3.57. The summed E-state index contributed by atoms with van der Waals surface area (Å²) in [7, 11) is 0. The molecule has 1 saturated heterocycles. The lowest BCUT2D eigenvalue weighted by molar-refractivity contribution is -0.109. The Morgan fingerprint density at radius 3 is 2.11 bits per heavy atom. The topological polar surface area (TPSA) is 71.0 Å². The Bertz CT molecular complexity index is 762. The SMILES string of the molecule is CC.CC.CCCN1CCOCC1.Cc1cc(CCCNC=O)cc(C)c1Oc1ccc(O)cc1. The summed E-state index contributed by atoms with van der Waals surface area (Å²) >= 11 is 0. The first-order chi connectivity index (χ1) is 17.0. The van der Waals surface area contributed by atoms with E-state index in [2.05, 4.69) is 29.3 Å². The van der Waals surface area contributed by atoms with Crippen molar-refractivity contribution in [3.8, 4) is 17.2 Å². The van der Waals surface area contributed by atoms with E-state index in [0.717, 1.165) is 62.4 Å². The lowest BCUT2D eigenvalue weighted by atomic mass is 10.0. The van der Waals surface area contributed by atoms with E-state index in [1.807, 2.05) is 41.5 Å². The zero-order chi connectivity index (χ0) is 26.5. The predicted molar refractivity (Wildman–Crippen MR) is 147 cm³/mol. The van der Waals surface area contributed by atoms with Gasteiger partial charge in [-0.3, -0.25) is 9.69 Å². The minimum absolute atomic E-state index is 0.222. The number of phenols is 1. The molecule has 2 aromatic carbocycles. The van der Waals surface area contributed by atoms with Gasteiger partial charge in [-0.25, -0.2) is 0 Å². The average molecular weight is 489 g/mol. The molecule has 1 aliphatic heterocycles. The van der Waals surface area contributed by atoms with Gasteiger partial charge in [0.25, 0.3) is 0 Å². The number of aryl methyl sites for hydroxylation is 3. The molecule has 2 N–H and O–H groups in total. The molecule has 0 bridgehead atoms. The molecule has 3 rings (SSSR count). The molecule has 0 atom stereocenters. The van der Waals surface area contributed by atoms with Gasteiger partial charge in [-0.2, -0.15) is 0 Å². The molecule has 6 nitrogen and oxygen atoms in total. The highest BCUT2D eigenvalue weighted by Crippen LogP contribution is 2.30. The Morgan fingerprint density at radius 1 is 1.03 bits per heavy atom. The molecule has 0 aromatic heterocycles. The standard InChI is InChI=1S/C18H21NO3.C7H15NO.2C2H6/c1-13-10-15(4-3-9-19-12-20)11-14(2)18(13)22-17-7-5-16(21)6-8-17;1-2-3-8-4-6-9-7-5-8;2*1-2/h5-8,10-12,21H,3-4,9H2,1-2H3,(H,19,20);2-7H2,1H3;2*1-2H3. The number of rotatable bonds is 9. The lowest BCUT2D eigenvalue weighted by Gasteiger charge is -2.25. The van der Waals surface area contributed by atoms with Gasteiger partial charge in [0.05, 0.1) is 13.2 Å². The van der Waals surface area contributed by atoms with Crippen LogP contribution in [0.5, 0.6) is 17.2 Å². The molecule has 0 unspecified atom stereocenters. The first-order valence-corrected chi connectivity index (χ1v) is 13.1. The molecule has 1 heterocycles. The number of benzene rings is 2. The summed E-state index contributed by atoms with van der Waals surface area (Å²) in [4.78, 5) is 12.7. The molecule has 0 spiro atoms. The van der Waals surface area contributed by atoms with Crippen LogP contribution in [0.15, 0.2) is 36.4 Å². The number of aromatic hydroxyl groups is 1. The van der Waals surface area contributed by atoms with Crippen LogP contribution >= 0.6 is 0 Å². The highest BCUT2D eigenvalue weighted by atomic mass is 16.5. The molecule has 1 aliphatic rings. The Hall–Kier alpha value is -2.57. The largest absolute Gasteiger partial charge is 0.508 e. The molecule has 198 valence electrons. The van der Waals surface area contributed by atoms with E-state index in [4.69, 9.17) is 9.47 Å². The van der Waals surface area contributed by atoms with Crippen LogP contribution in [0.2, 0.25) is 0 Å². The third-order valence-electron chi connectivity index (χ3n) is 5.09. The summed E-state index contributed by atoms with van der Waals surface area (Å²) in [6, 6.07) is 10.9. The van der Waals surface area contributed by atoms with Crippen molar-refractivity contribution in [3.63, 3.8) is 0 Å². The van der Waals surface area contributed by atoms with Crippen LogP contribution in [0.25, 0.3) is 0 Å². The first-order valence-electron chi connectivity index (χ1n) is 13.1. The van der Waals surface area contributed by atoms with Crippen molar-refractivity contribution in [1.29, 1.82) is 0 Å². The minimum Gasteiger partial charge on any atom is -0.508 e. The third-order valence-corrected chi connectivity index (χ3v) is 5.09. The highest BCUT2D eigenvalue weighted by Gasteiger charge is 2.09. The van der Waals surface area contributed by atoms with Gasteiger partial charge in [0.2, 0.25) is 6.41 Å². The van der Waals surface area contributed by atoms with Gasteiger partial charge in [0.1, 0.15) is 17.2 Å². The molecule has 0 aliphatic carbocycles. The van der Waals surface area contributed by atoms with Crippen LogP contribution in [-0.4, -0.2) is 55.8 Å². The van der Waals surface area contributed by atoms with Crippen LogP contribution in [0, 0.1) is 13.8 Å². The van der Waals surface area contributed by atoms with Crippen LogP contribution < -0.4 is 10.1 Å². The predicted octanol–water partition coefficient (Wildman–Crippen LogP) is 6.26. The van der Waals surface area contributed by atoms with Gasteiger partial charge in [-0.1, -0.05) is 46.8 Å². The maximum absolute atomic E-state index is 10.2. The molecule has 6 heteroatoms. The molecule has 1 fully saturated rings. The van der Waals surface area contributed by atoms with Gasteiger partial charge >= 0.3 is 0 Å². The smallest absolute Gasteiger partial charge is 0.207 e. The van der Waals surface area contributed by atoms with Gasteiger partial charge < -0.3 is 19.9 Å². The van der Waals surface area contributed by atoms with E-state index in [9.17, 15) is 9.90 Å². The van der Waals surface area contributed by atoms with Gasteiger partial charge in [0.15, 0.2) is 0 Å². The van der Waals surface area contributed by atoms with Crippen molar-refractivity contribution < 1.29 is 19.4 Å². The van der Waals surface area contributed by atoms with Crippen LogP contribution in [0.4, 0.5) is 0 Å². The number of nitrogens with one attached hydrogen (secondary N) is 1. The molecule has 0 radical (unpaired) electrons. The van der Waals surface area contributed by atoms with Crippen molar-refractivity contribution in [3.05, 3.63) is 53.1 Å². The number of phenolic OH excluding ortho intramolecular Hbond substituents is 1. The second-order valence-corrected chi connectivity index (χ2v) is 7.78. The number of morpholine rings is 1. The number of hydrogen-bond acceptors (Lipinski definition) is 5. The molecule has 1 amide bonds. The number of carbonyl (C=O) groups is 1. The fourth-order valence-corrected chi connectivity index (χ4v) is 3.57. The summed E-state index contributed by atoms with van der Waals surface area (Å²) in [6.07, 6.45) is 3.82. The van der Waals surface area contributed by atoms with Crippen molar-refractivity contribution in [2.75, 3.05) is 39.4 Å². The summed E-state index contributed by atoms with van der Waals surface area (Å²) in [6.45, 7) is 20.3.